The minimum absolute atomic E-state index is 0.0336. The molecule has 0 aromatic heterocycles. The van der Waals surface area contributed by atoms with Gasteiger partial charge in [0.2, 0.25) is 0 Å². The van der Waals surface area contributed by atoms with Crippen molar-refractivity contribution in [2.45, 2.75) is 342 Å². The maximum absolute atomic E-state index is 13.1. The van der Waals surface area contributed by atoms with Gasteiger partial charge in [-0.05, 0) is 116 Å². The number of aliphatic hydroxyl groups excluding tert-OH is 9. The molecule has 0 amide bonds. The Hall–Kier alpha value is -2.10. The standard InChI is InChI=1S/C67H112O30/c1-14-28(2)60(78)88-33(7)66(79)19-20-67(80)37-16-15-35-21-36(17-18-64(35,9)38(37)22-44(65(66,67)10)89-34(8)70)90-45-23-39(71)54(29(3)84-45)93-46-24-40(81-11)55(30(4)85-46)94-47-25-41(82-12)56(31(5)86-47)95-63-53(77)59(83-13)57(32(6)87-63)96-62-52(76)50(74)58(43(27-69)92-62)97-61-51(75)49(73)48(72)42(26-68)91-61/h28-33,35-59,61-63,68-69,71-77,79-80H,14-27H2,1-13H3/t28-,29-,30-,31-,32-,33+,35+,36+,37-,38+,39+,40+,41-,42-,43-,44-,45+,46+,47+,48-,49+,50-,51-,52-,53-,54-,55-,56-,57-,58-,59-,61+,62+,63+,64+,65-,66-,67+/m1/s1. The fraction of sp³-hybridized carbons (Fsp3) is 0.970. The van der Waals surface area contributed by atoms with E-state index in [1.165, 1.54) is 21.1 Å². The van der Waals surface area contributed by atoms with Gasteiger partial charge in [-0.2, -0.15) is 0 Å². The molecule has 0 spiro atoms. The first-order valence-electron chi connectivity index (χ1n) is 35.1. The average molecular weight is 1400 g/mol. The van der Waals surface area contributed by atoms with Crippen LogP contribution in [0.4, 0.5) is 0 Å². The maximum Gasteiger partial charge on any atom is 0.309 e. The molecule has 30 nitrogen and oxygen atoms in total. The Labute approximate surface area is 567 Å². The number of rotatable bonds is 22. The van der Waals surface area contributed by atoms with Crippen LogP contribution < -0.4 is 0 Å². The van der Waals surface area contributed by atoms with Gasteiger partial charge in [-0.25, -0.2) is 0 Å². The highest BCUT2D eigenvalue weighted by molar-refractivity contribution is 5.72. The Morgan fingerprint density at radius 3 is 1.64 bits per heavy atom. The lowest BCUT2D eigenvalue weighted by Crippen LogP contribution is -2.72. The monoisotopic (exact) mass is 1400 g/mol. The van der Waals surface area contributed by atoms with Crippen molar-refractivity contribution in [2.24, 2.45) is 34.5 Å². The molecule has 0 radical (unpaired) electrons. The summed E-state index contributed by atoms with van der Waals surface area (Å²) >= 11 is 0. The van der Waals surface area contributed by atoms with Crippen molar-refractivity contribution in [2.75, 3.05) is 34.5 Å². The third kappa shape index (κ3) is 14.7. The van der Waals surface area contributed by atoms with Crippen LogP contribution in [0.25, 0.3) is 0 Å². The second-order valence-electron chi connectivity index (χ2n) is 29.7. The van der Waals surface area contributed by atoms with Crippen LogP contribution in [0.2, 0.25) is 0 Å². The number of fused-ring (bicyclic) bond motifs is 5. The Morgan fingerprint density at radius 1 is 0.526 bits per heavy atom. The molecule has 97 heavy (non-hydrogen) atoms. The van der Waals surface area contributed by atoms with Gasteiger partial charge in [0.1, 0.15) is 103 Å². The van der Waals surface area contributed by atoms with Crippen molar-refractivity contribution in [1.29, 1.82) is 0 Å². The molecule has 0 aromatic carbocycles. The number of ether oxygens (including phenoxy) is 17. The van der Waals surface area contributed by atoms with Crippen LogP contribution in [-0.4, -0.2) is 298 Å². The number of hydrogen-bond donors (Lipinski definition) is 11. The van der Waals surface area contributed by atoms with E-state index in [9.17, 15) is 65.8 Å². The van der Waals surface area contributed by atoms with Gasteiger partial charge in [0.15, 0.2) is 37.7 Å². The van der Waals surface area contributed by atoms with Crippen molar-refractivity contribution in [3.63, 3.8) is 0 Å². The van der Waals surface area contributed by atoms with Gasteiger partial charge >= 0.3 is 11.9 Å². The smallest absolute Gasteiger partial charge is 0.309 e. The molecule has 6 aliphatic heterocycles. The minimum atomic E-state index is -1.87. The summed E-state index contributed by atoms with van der Waals surface area (Å²) in [5.41, 5.74) is -4.62. The van der Waals surface area contributed by atoms with E-state index in [0.29, 0.717) is 25.7 Å². The van der Waals surface area contributed by atoms with Gasteiger partial charge in [0.05, 0.1) is 79.0 Å². The zero-order valence-corrected chi connectivity index (χ0v) is 58.2. The molecule has 0 aromatic rings. The van der Waals surface area contributed by atoms with Crippen molar-refractivity contribution >= 4 is 11.9 Å². The number of carbonyl (C=O) groups is 2. The third-order valence-corrected chi connectivity index (χ3v) is 24.4. The van der Waals surface area contributed by atoms with Gasteiger partial charge in [-0.1, -0.05) is 27.7 Å². The molecule has 4 aliphatic carbocycles. The molecule has 4 saturated carbocycles. The Balaban J connectivity index is 0.689. The number of hydrogen-bond acceptors (Lipinski definition) is 30. The largest absolute Gasteiger partial charge is 0.462 e. The molecule has 6 saturated heterocycles. The van der Waals surface area contributed by atoms with Crippen molar-refractivity contribution < 1.29 is 146 Å². The Morgan fingerprint density at radius 2 is 1.06 bits per heavy atom. The summed E-state index contributed by atoms with van der Waals surface area (Å²) < 4.78 is 105. The molecule has 10 aliphatic rings. The van der Waals surface area contributed by atoms with Crippen molar-refractivity contribution in [3.05, 3.63) is 0 Å². The Kier molecular flexibility index (Phi) is 25.0. The van der Waals surface area contributed by atoms with Gasteiger partial charge < -0.3 is 137 Å². The molecule has 38 atom stereocenters. The van der Waals surface area contributed by atoms with Crippen LogP contribution in [0.1, 0.15) is 146 Å². The van der Waals surface area contributed by atoms with E-state index in [-0.39, 0.29) is 67.3 Å². The first kappa shape index (κ1) is 77.5. The summed E-state index contributed by atoms with van der Waals surface area (Å²) in [6, 6.07) is 0. The number of aliphatic hydroxyl groups is 11. The van der Waals surface area contributed by atoms with Crippen LogP contribution >= 0.6 is 0 Å². The SMILES string of the molecule is CC[C@@H](C)C(=O)O[C@@H](C)[C@]1(O)CC[C@]2(O)[C@@H]3CC[C@H]4C[C@@H](O[C@H]5C[C@H](O)[C@H](O[C@H]6C[C@H](OC)[C@H](O[C@H]7C[C@@H](OC)[C@H](O[C@@H]8O[C@H](C)[C@@H](O[C@@H]9O[C@H](CO)[C@@H](O[C@@H]%10O[C@H](CO)[C@@H](O)[C@H](O)[C@H]%10O)[C@H](O)[C@H]9O)[C@H](OC)[C@H]8O)[C@@H](C)O7)[C@@H](C)O6)[C@@H](C)O5)CC[C@]4(C)[C@H]3C[C@@H](OC(C)=O)[C@]12C. The highest BCUT2D eigenvalue weighted by Crippen LogP contribution is 2.71. The molecular formula is C67H112O30. The summed E-state index contributed by atoms with van der Waals surface area (Å²) in [5, 5.41) is 123. The fourth-order valence-corrected chi connectivity index (χ4v) is 18.3. The minimum Gasteiger partial charge on any atom is -0.462 e. The number of methoxy groups -OCH3 is 3. The normalized spacial score (nSPS) is 51.7. The van der Waals surface area contributed by atoms with E-state index in [0.717, 1.165) is 19.3 Å². The van der Waals surface area contributed by atoms with Gasteiger partial charge in [-0.15, -0.1) is 0 Å². The van der Waals surface area contributed by atoms with Crippen molar-refractivity contribution in [1.82, 2.24) is 0 Å². The van der Waals surface area contributed by atoms with E-state index in [1.807, 2.05) is 27.7 Å². The number of carbonyl (C=O) groups excluding carboxylic acids is 2. The lowest BCUT2D eigenvalue weighted by molar-refractivity contribution is -0.385. The quantitative estimate of drug-likeness (QED) is 0.0496. The molecule has 11 N–H and O–H groups in total. The molecule has 0 unspecified atom stereocenters. The zero-order valence-electron chi connectivity index (χ0n) is 58.2. The Bertz CT molecular complexity index is 2560. The average Bonchev–Trinajstić information content (AvgIpc) is 1.66. The van der Waals surface area contributed by atoms with Crippen LogP contribution in [-0.2, 0) is 90.1 Å². The topological polar surface area (TPSA) is 414 Å². The third-order valence-electron chi connectivity index (χ3n) is 24.4. The van der Waals surface area contributed by atoms with Crippen LogP contribution in [0, 0.1) is 34.5 Å². The lowest BCUT2D eigenvalue weighted by Gasteiger charge is -2.66. The first-order chi connectivity index (χ1) is 45.8. The summed E-state index contributed by atoms with van der Waals surface area (Å²) in [6.45, 7) is 16.3. The van der Waals surface area contributed by atoms with Gasteiger partial charge in [0, 0.05) is 47.5 Å². The molecule has 10 fully saturated rings. The van der Waals surface area contributed by atoms with Gasteiger partial charge in [-0.3, -0.25) is 9.59 Å². The van der Waals surface area contributed by atoms with Crippen molar-refractivity contribution in [3.8, 4) is 0 Å². The lowest BCUT2D eigenvalue weighted by atomic mass is 9.42. The highest BCUT2D eigenvalue weighted by Gasteiger charge is 2.77. The summed E-state index contributed by atoms with van der Waals surface area (Å²) in [4.78, 5) is 25.9. The number of esters is 2. The second kappa shape index (κ2) is 31.3. The van der Waals surface area contributed by atoms with E-state index in [2.05, 4.69) is 6.92 Å². The van der Waals surface area contributed by atoms with Crippen LogP contribution in [0.5, 0.6) is 0 Å². The van der Waals surface area contributed by atoms with E-state index in [1.54, 1.807) is 34.8 Å². The molecular weight excluding hydrogens is 1280 g/mol. The van der Waals surface area contributed by atoms with E-state index in [4.69, 9.17) is 80.5 Å². The van der Waals surface area contributed by atoms with E-state index >= 15 is 0 Å². The summed E-state index contributed by atoms with van der Waals surface area (Å²) in [7, 11) is 4.38. The maximum atomic E-state index is 13.1. The molecule has 0 bridgehead atoms. The summed E-state index contributed by atoms with van der Waals surface area (Å²) in [6.07, 6.45) is -27.9. The predicted molar refractivity (Wildman–Crippen MR) is 330 cm³/mol. The second-order valence-corrected chi connectivity index (χ2v) is 29.7. The first-order valence-corrected chi connectivity index (χ1v) is 35.1. The fourth-order valence-electron chi connectivity index (χ4n) is 18.3. The van der Waals surface area contributed by atoms with Gasteiger partial charge in [0.25, 0.3) is 0 Å². The van der Waals surface area contributed by atoms with E-state index < -0.39 is 220 Å². The van der Waals surface area contributed by atoms with Crippen LogP contribution in [0.15, 0.2) is 0 Å². The molecule has 6 heterocycles. The highest BCUT2D eigenvalue weighted by atomic mass is 16.8. The molecule has 10 rings (SSSR count). The zero-order chi connectivity index (χ0) is 70.7. The van der Waals surface area contributed by atoms with Crippen LogP contribution in [0.3, 0.4) is 0 Å². The molecule has 560 valence electrons. The predicted octanol–water partition coefficient (Wildman–Crippen LogP) is -0.139. The molecule has 30 heteroatoms. The summed E-state index contributed by atoms with van der Waals surface area (Å²) in [5.74, 6) is -1.31.